The molecule has 2 aliphatic rings. The van der Waals surface area contributed by atoms with Crippen molar-refractivity contribution in [2.75, 3.05) is 36.8 Å². The lowest BCUT2D eigenvalue weighted by molar-refractivity contribution is -0.132. The van der Waals surface area contributed by atoms with Gasteiger partial charge in [-0.1, -0.05) is 17.7 Å². The molecule has 0 bridgehead atoms. The number of allylic oxidation sites excluding steroid dienone is 1. The van der Waals surface area contributed by atoms with E-state index in [1.54, 1.807) is 23.2 Å². The molecule has 0 radical (unpaired) electrons. The molecule has 3 heterocycles. The predicted octanol–water partition coefficient (Wildman–Crippen LogP) is 1.33. The highest BCUT2D eigenvalue weighted by Crippen LogP contribution is 2.21. The normalized spacial score (nSPS) is 23.3. The molecule has 3 rings (SSSR count). The first-order chi connectivity index (χ1) is 10.9. The molecule has 0 spiro atoms. The van der Waals surface area contributed by atoms with Crippen LogP contribution in [0.2, 0.25) is 5.02 Å². The van der Waals surface area contributed by atoms with Gasteiger partial charge in [0, 0.05) is 50.1 Å². The minimum Gasteiger partial charge on any atom is -0.353 e. The van der Waals surface area contributed by atoms with Crippen LogP contribution in [-0.2, 0) is 14.6 Å². The van der Waals surface area contributed by atoms with Crippen LogP contribution in [0.25, 0.3) is 0 Å². The summed E-state index contributed by atoms with van der Waals surface area (Å²) in [5.74, 6) is 0.725. The summed E-state index contributed by atoms with van der Waals surface area (Å²) in [4.78, 5) is 20.5. The Kier molecular flexibility index (Phi) is 4.59. The summed E-state index contributed by atoms with van der Waals surface area (Å²) >= 11 is 5.83. The lowest BCUT2D eigenvalue weighted by Gasteiger charge is -2.35. The molecule has 1 amide bonds. The summed E-state index contributed by atoms with van der Waals surface area (Å²) in [6, 6.07) is 3.67. The average molecular weight is 356 g/mol. The third-order valence-electron chi connectivity index (χ3n) is 4.11. The molecule has 1 unspecified atom stereocenters. The number of pyridine rings is 1. The van der Waals surface area contributed by atoms with Gasteiger partial charge in [0.2, 0.25) is 5.91 Å². The summed E-state index contributed by atoms with van der Waals surface area (Å²) in [5, 5.41) is 1.82. The van der Waals surface area contributed by atoms with E-state index >= 15 is 0 Å². The van der Waals surface area contributed by atoms with Gasteiger partial charge < -0.3 is 9.80 Å². The molecule has 1 saturated heterocycles. The van der Waals surface area contributed by atoms with Crippen molar-refractivity contribution in [3.05, 3.63) is 34.8 Å². The van der Waals surface area contributed by atoms with Crippen LogP contribution in [0.4, 0.5) is 5.82 Å². The number of carbonyl (C=O) groups is 1. The second-order valence-corrected chi connectivity index (χ2v) is 8.19. The van der Waals surface area contributed by atoms with E-state index in [-0.39, 0.29) is 24.0 Å². The van der Waals surface area contributed by atoms with E-state index < -0.39 is 9.84 Å². The highest BCUT2D eigenvalue weighted by atomic mass is 35.5. The van der Waals surface area contributed by atoms with E-state index in [1.165, 1.54) is 5.41 Å². The molecule has 0 aromatic carbocycles. The fourth-order valence-electron chi connectivity index (χ4n) is 2.86. The van der Waals surface area contributed by atoms with E-state index in [0.717, 1.165) is 5.82 Å². The fraction of sp³-hybridized carbons (Fsp3) is 0.467. The lowest BCUT2D eigenvalue weighted by atomic mass is 10.1. The maximum Gasteiger partial charge on any atom is 0.223 e. The van der Waals surface area contributed by atoms with Crippen molar-refractivity contribution < 1.29 is 13.2 Å². The number of carbonyl (C=O) groups excluding carboxylic acids is 1. The van der Waals surface area contributed by atoms with E-state index in [9.17, 15) is 13.2 Å². The van der Waals surface area contributed by atoms with E-state index in [2.05, 4.69) is 9.88 Å². The van der Waals surface area contributed by atoms with Crippen molar-refractivity contribution in [1.82, 2.24) is 9.88 Å². The lowest BCUT2D eigenvalue weighted by Crippen LogP contribution is -2.49. The number of anilines is 1. The highest BCUT2D eigenvalue weighted by molar-refractivity contribution is 7.94. The number of aromatic nitrogens is 1. The van der Waals surface area contributed by atoms with Gasteiger partial charge in [-0.3, -0.25) is 4.79 Å². The van der Waals surface area contributed by atoms with Gasteiger partial charge in [-0.05, 0) is 12.1 Å². The maximum atomic E-state index is 12.3. The Morgan fingerprint density at radius 1 is 1.26 bits per heavy atom. The quantitative estimate of drug-likeness (QED) is 0.818. The average Bonchev–Trinajstić information content (AvgIpc) is 2.87. The Morgan fingerprint density at radius 3 is 2.57 bits per heavy atom. The topological polar surface area (TPSA) is 70.6 Å². The molecular weight excluding hydrogens is 338 g/mol. The number of sulfone groups is 1. The minimum absolute atomic E-state index is 0.0143. The van der Waals surface area contributed by atoms with Crippen LogP contribution >= 0.6 is 11.6 Å². The van der Waals surface area contributed by atoms with Crippen molar-refractivity contribution in [3.8, 4) is 0 Å². The molecular formula is C15H18ClN3O3S. The molecule has 1 aromatic rings. The number of amides is 1. The molecule has 2 aliphatic heterocycles. The standard InChI is InChI=1S/C15H18ClN3O3S/c16-13-1-2-14(17-10-13)18-4-6-19(7-5-18)15(20)9-12-3-8-23(21,22)11-12/h1-3,8,10,12H,4-7,9,11H2. The van der Waals surface area contributed by atoms with Crippen molar-refractivity contribution in [2.45, 2.75) is 6.42 Å². The van der Waals surface area contributed by atoms with Crippen LogP contribution in [0.5, 0.6) is 0 Å². The van der Waals surface area contributed by atoms with Gasteiger partial charge in [-0.15, -0.1) is 0 Å². The predicted molar refractivity (Wildman–Crippen MR) is 89.1 cm³/mol. The van der Waals surface area contributed by atoms with Gasteiger partial charge in [0.25, 0.3) is 0 Å². The van der Waals surface area contributed by atoms with Crippen LogP contribution in [0.3, 0.4) is 0 Å². The molecule has 0 aliphatic carbocycles. The van der Waals surface area contributed by atoms with Crippen LogP contribution in [0.1, 0.15) is 6.42 Å². The smallest absolute Gasteiger partial charge is 0.223 e. The molecule has 1 fully saturated rings. The van der Waals surface area contributed by atoms with Crippen LogP contribution in [0.15, 0.2) is 29.8 Å². The van der Waals surface area contributed by atoms with Crippen molar-refractivity contribution >= 4 is 33.2 Å². The third-order valence-corrected chi connectivity index (χ3v) is 5.80. The first-order valence-electron chi connectivity index (χ1n) is 7.48. The first kappa shape index (κ1) is 16.3. The van der Waals surface area contributed by atoms with Crippen LogP contribution in [-0.4, -0.2) is 56.1 Å². The number of hydrogen-bond donors (Lipinski definition) is 0. The van der Waals surface area contributed by atoms with Crippen LogP contribution < -0.4 is 4.90 Å². The zero-order chi connectivity index (χ0) is 16.4. The summed E-state index contributed by atoms with van der Waals surface area (Å²) in [7, 11) is -3.10. The van der Waals surface area contributed by atoms with E-state index in [1.807, 2.05) is 6.07 Å². The van der Waals surface area contributed by atoms with Crippen molar-refractivity contribution in [2.24, 2.45) is 5.92 Å². The van der Waals surface area contributed by atoms with Crippen LogP contribution in [0, 0.1) is 5.92 Å². The number of rotatable bonds is 3. The molecule has 0 N–H and O–H groups in total. The van der Waals surface area contributed by atoms with Gasteiger partial charge in [-0.25, -0.2) is 13.4 Å². The number of hydrogen-bond acceptors (Lipinski definition) is 5. The zero-order valence-electron chi connectivity index (χ0n) is 12.6. The van der Waals surface area contributed by atoms with E-state index in [0.29, 0.717) is 31.2 Å². The number of nitrogens with zero attached hydrogens (tertiary/aromatic N) is 3. The molecule has 23 heavy (non-hydrogen) atoms. The highest BCUT2D eigenvalue weighted by Gasteiger charge is 2.27. The Bertz CT molecular complexity index is 710. The largest absolute Gasteiger partial charge is 0.353 e. The fourth-order valence-corrected chi connectivity index (χ4v) is 4.37. The Balaban J connectivity index is 1.51. The van der Waals surface area contributed by atoms with E-state index in [4.69, 9.17) is 11.6 Å². The summed E-state index contributed by atoms with van der Waals surface area (Å²) in [6.45, 7) is 2.65. The molecule has 6 nitrogen and oxygen atoms in total. The Hall–Kier alpha value is -1.60. The molecule has 1 atom stereocenters. The summed E-state index contributed by atoms with van der Waals surface area (Å²) in [6.07, 6.45) is 3.50. The van der Waals surface area contributed by atoms with Gasteiger partial charge in [0.05, 0.1) is 10.8 Å². The monoisotopic (exact) mass is 355 g/mol. The van der Waals surface area contributed by atoms with Crippen molar-refractivity contribution in [1.29, 1.82) is 0 Å². The Labute approximate surface area is 140 Å². The summed E-state index contributed by atoms with van der Waals surface area (Å²) < 4.78 is 22.8. The third kappa shape index (κ3) is 4.03. The minimum atomic E-state index is -3.10. The number of piperazine rings is 1. The zero-order valence-corrected chi connectivity index (χ0v) is 14.1. The molecule has 0 saturated carbocycles. The second-order valence-electron chi connectivity index (χ2n) is 5.82. The molecule has 1 aromatic heterocycles. The van der Waals surface area contributed by atoms with Gasteiger partial charge >= 0.3 is 0 Å². The number of halogens is 1. The van der Waals surface area contributed by atoms with Gasteiger partial charge in [0.1, 0.15) is 5.82 Å². The maximum absolute atomic E-state index is 12.3. The van der Waals surface area contributed by atoms with Crippen molar-refractivity contribution in [3.63, 3.8) is 0 Å². The van der Waals surface area contributed by atoms with Gasteiger partial charge in [0.15, 0.2) is 9.84 Å². The Morgan fingerprint density at radius 2 is 2.00 bits per heavy atom. The molecule has 8 heteroatoms. The SMILES string of the molecule is O=C(CC1C=CS(=O)(=O)C1)N1CCN(c2ccc(Cl)cn2)CC1. The first-order valence-corrected chi connectivity index (χ1v) is 9.57. The van der Waals surface area contributed by atoms with Gasteiger partial charge in [-0.2, -0.15) is 0 Å². The summed E-state index contributed by atoms with van der Waals surface area (Å²) in [5.41, 5.74) is 0. The molecule has 124 valence electrons. The second kappa shape index (κ2) is 6.49.